The van der Waals surface area contributed by atoms with E-state index in [1.54, 1.807) is 11.1 Å². The Kier molecular flexibility index (Phi) is 5.42. The number of carbonyl (C=O) groups is 1. The summed E-state index contributed by atoms with van der Waals surface area (Å²) >= 11 is 0. The Hall–Kier alpha value is -3.48. The van der Waals surface area contributed by atoms with Crippen LogP contribution in [0.2, 0.25) is 0 Å². The maximum Gasteiger partial charge on any atom is 0.209 e. The summed E-state index contributed by atoms with van der Waals surface area (Å²) in [7, 11) is 0. The van der Waals surface area contributed by atoms with Crippen molar-refractivity contribution in [1.29, 1.82) is 0 Å². The van der Waals surface area contributed by atoms with E-state index in [1.165, 1.54) is 0 Å². The van der Waals surface area contributed by atoms with Gasteiger partial charge in [-0.2, -0.15) is 0 Å². The van der Waals surface area contributed by atoms with E-state index in [-0.39, 0.29) is 0 Å². The maximum absolute atomic E-state index is 11.0. The van der Waals surface area contributed by atoms with Crippen LogP contribution >= 0.6 is 0 Å². The van der Waals surface area contributed by atoms with Gasteiger partial charge in [-0.25, -0.2) is 9.97 Å². The molecule has 0 bridgehead atoms. The third-order valence-electron chi connectivity index (χ3n) is 4.73. The number of carbonyl (C=O) groups excluding carboxylic acids is 1. The Bertz CT molecular complexity index is 911. The number of nitrogens with one attached hydrogen (secondary N) is 1. The minimum atomic E-state index is 0.636. The number of aromatic nitrogens is 3. The molecule has 3 heterocycles. The summed E-state index contributed by atoms with van der Waals surface area (Å²) in [5.41, 5.74) is 2.06. The molecule has 142 valence electrons. The fraction of sp³-hybridized carbons (Fsp3) is 0.238. The Balaban J connectivity index is 1.60. The number of anilines is 2. The molecule has 0 aliphatic carbocycles. The number of hydrogen-bond acceptors (Lipinski definition) is 6. The Labute approximate surface area is 164 Å². The van der Waals surface area contributed by atoms with Gasteiger partial charge in [-0.05, 0) is 11.6 Å². The minimum absolute atomic E-state index is 0.636. The highest BCUT2D eigenvalue weighted by atomic mass is 16.1. The van der Waals surface area contributed by atoms with Gasteiger partial charge in [0.25, 0.3) is 0 Å². The molecule has 1 aromatic carbocycles. The maximum atomic E-state index is 11.0. The highest BCUT2D eigenvalue weighted by Crippen LogP contribution is 2.23. The number of rotatable bonds is 6. The molecule has 0 radical (unpaired) electrons. The van der Waals surface area contributed by atoms with Crippen molar-refractivity contribution in [2.75, 3.05) is 36.4 Å². The second kappa shape index (κ2) is 8.47. The van der Waals surface area contributed by atoms with Crippen LogP contribution in [0.1, 0.15) is 5.56 Å². The lowest BCUT2D eigenvalue weighted by Crippen LogP contribution is -2.46. The lowest BCUT2D eigenvalue weighted by Gasteiger charge is -2.33. The summed E-state index contributed by atoms with van der Waals surface area (Å²) in [6.07, 6.45) is 4.51. The standard InChI is InChI=1S/C21H22N6O/c28-16-26-9-11-27(12-10-26)20-13-19(23-15-17-5-4-8-22-14-17)24-21(25-20)18-6-2-1-3-7-18/h1-8,13-14,16H,9-12,15H2,(H,23,24,25). The summed E-state index contributed by atoms with van der Waals surface area (Å²) in [4.78, 5) is 28.6. The van der Waals surface area contributed by atoms with E-state index in [0.717, 1.165) is 42.3 Å². The molecule has 0 spiro atoms. The zero-order valence-electron chi connectivity index (χ0n) is 15.5. The molecule has 2 aromatic heterocycles. The highest BCUT2D eigenvalue weighted by molar-refractivity contribution is 5.62. The van der Waals surface area contributed by atoms with Gasteiger partial charge in [0, 0.05) is 56.7 Å². The summed E-state index contributed by atoms with van der Waals surface area (Å²) < 4.78 is 0. The molecule has 28 heavy (non-hydrogen) atoms. The van der Waals surface area contributed by atoms with Gasteiger partial charge in [-0.15, -0.1) is 0 Å². The lowest BCUT2D eigenvalue weighted by atomic mass is 10.2. The second-order valence-electron chi connectivity index (χ2n) is 6.64. The van der Waals surface area contributed by atoms with Crippen LogP contribution in [-0.4, -0.2) is 52.4 Å². The van der Waals surface area contributed by atoms with Crippen molar-refractivity contribution in [3.8, 4) is 11.4 Å². The van der Waals surface area contributed by atoms with Gasteiger partial charge in [0.15, 0.2) is 5.82 Å². The fourth-order valence-corrected chi connectivity index (χ4v) is 3.16. The van der Waals surface area contributed by atoms with Crippen LogP contribution in [0.4, 0.5) is 11.6 Å². The topological polar surface area (TPSA) is 74.2 Å². The molecule has 1 aliphatic heterocycles. The van der Waals surface area contributed by atoms with E-state index in [2.05, 4.69) is 15.2 Å². The van der Waals surface area contributed by atoms with Gasteiger partial charge in [0.1, 0.15) is 11.6 Å². The van der Waals surface area contributed by atoms with Crippen LogP contribution in [0.25, 0.3) is 11.4 Å². The van der Waals surface area contributed by atoms with Crippen molar-refractivity contribution in [2.45, 2.75) is 6.54 Å². The summed E-state index contributed by atoms with van der Waals surface area (Å²) in [6.45, 7) is 3.55. The van der Waals surface area contributed by atoms with Gasteiger partial charge in [0.2, 0.25) is 6.41 Å². The van der Waals surface area contributed by atoms with Crippen molar-refractivity contribution in [3.63, 3.8) is 0 Å². The fourth-order valence-electron chi connectivity index (χ4n) is 3.16. The molecule has 3 aromatic rings. The van der Waals surface area contributed by atoms with E-state index < -0.39 is 0 Å². The van der Waals surface area contributed by atoms with Crippen molar-refractivity contribution in [3.05, 3.63) is 66.5 Å². The highest BCUT2D eigenvalue weighted by Gasteiger charge is 2.18. The molecule has 0 saturated carbocycles. The average molecular weight is 374 g/mol. The van der Waals surface area contributed by atoms with Crippen molar-refractivity contribution >= 4 is 18.0 Å². The molecule has 0 atom stereocenters. The monoisotopic (exact) mass is 374 g/mol. The number of piperazine rings is 1. The Morgan fingerprint density at radius 2 is 1.82 bits per heavy atom. The lowest BCUT2D eigenvalue weighted by molar-refractivity contribution is -0.118. The number of benzene rings is 1. The van der Waals surface area contributed by atoms with Gasteiger partial charge >= 0.3 is 0 Å². The number of amides is 1. The average Bonchev–Trinajstić information content (AvgIpc) is 2.79. The first-order chi connectivity index (χ1) is 13.8. The first kappa shape index (κ1) is 17.9. The number of nitrogens with zero attached hydrogens (tertiary/aromatic N) is 5. The third kappa shape index (κ3) is 4.25. The van der Waals surface area contributed by atoms with Crippen molar-refractivity contribution in [1.82, 2.24) is 19.9 Å². The molecule has 1 saturated heterocycles. The van der Waals surface area contributed by atoms with Gasteiger partial charge in [-0.1, -0.05) is 36.4 Å². The quantitative estimate of drug-likeness (QED) is 0.668. The van der Waals surface area contributed by atoms with Gasteiger partial charge in [0.05, 0.1) is 0 Å². The molecule has 0 unspecified atom stereocenters. The summed E-state index contributed by atoms with van der Waals surface area (Å²) in [5, 5.41) is 3.39. The van der Waals surface area contributed by atoms with E-state index in [9.17, 15) is 4.79 Å². The zero-order chi connectivity index (χ0) is 19.2. The van der Waals surface area contributed by atoms with Gasteiger partial charge in [-0.3, -0.25) is 9.78 Å². The molecule has 1 aliphatic rings. The third-order valence-corrected chi connectivity index (χ3v) is 4.73. The molecule has 1 N–H and O–H groups in total. The minimum Gasteiger partial charge on any atom is -0.366 e. The van der Waals surface area contributed by atoms with E-state index in [4.69, 9.17) is 9.97 Å². The van der Waals surface area contributed by atoms with E-state index in [0.29, 0.717) is 25.5 Å². The van der Waals surface area contributed by atoms with Crippen LogP contribution in [0, 0.1) is 0 Å². The summed E-state index contributed by atoms with van der Waals surface area (Å²) in [5.74, 6) is 2.32. The first-order valence-electron chi connectivity index (χ1n) is 9.33. The predicted octanol–water partition coefficient (Wildman–Crippen LogP) is 2.43. The normalized spacial score (nSPS) is 14.0. The number of pyridine rings is 1. The SMILES string of the molecule is O=CN1CCN(c2cc(NCc3cccnc3)nc(-c3ccccc3)n2)CC1. The molecule has 1 amide bonds. The molecule has 1 fully saturated rings. The van der Waals surface area contributed by atoms with Crippen LogP contribution in [-0.2, 0) is 11.3 Å². The predicted molar refractivity (Wildman–Crippen MR) is 109 cm³/mol. The molecule has 7 heteroatoms. The molecule has 4 rings (SSSR count). The smallest absolute Gasteiger partial charge is 0.209 e. The molecule has 7 nitrogen and oxygen atoms in total. The first-order valence-corrected chi connectivity index (χ1v) is 9.33. The van der Waals surface area contributed by atoms with Crippen LogP contribution in [0.5, 0.6) is 0 Å². The largest absolute Gasteiger partial charge is 0.366 e. The summed E-state index contributed by atoms with van der Waals surface area (Å²) in [6, 6.07) is 15.9. The molecular weight excluding hydrogens is 352 g/mol. The van der Waals surface area contributed by atoms with Crippen molar-refractivity contribution < 1.29 is 4.79 Å². The van der Waals surface area contributed by atoms with Crippen LogP contribution in [0.3, 0.4) is 0 Å². The molecular formula is C21H22N6O. The van der Waals surface area contributed by atoms with Crippen molar-refractivity contribution in [2.24, 2.45) is 0 Å². The van der Waals surface area contributed by atoms with Crippen LogP contribution in [0.15, 0.2) is 60.9 Å². The van der Waals surface area contributed by atoms with Gasteiger partial charge < -0.3 is 15.1 Å². The number of hydrogen-bond donors (Lipinski definition) is 1. The second-order valence-corrected chi connectivity index (χ2v) is 6.64. The van der Waals surface area contributed by atoms with E-state index >= 15 is 0 Å². The Morgan fingerprint density at radius 3 is 2.54 bits per heavy atom. The zero-order valence-corrected chi connectivity index (χ0v) is 15.5. The Morgan fingerprint density at radius 1 is 1.00 bits per heavy atom. The van der Waals surface area contributed by atoms with Crippen LogP contribution < -0.4 is 10.2 Å². The van der Waals surface area contributed by atoms with E-state index in [1.807, 2.05) is 54.7 Å².